The molecule has 1 N–H and O–H groups in total. The summed E-state index contributed by atoms with van der Waals surface area (Å²) < 4.78 is 4.89. The zero-order valence-corrected chi connectivity index (χ0v) is 12.3. The number of nitrogens with zero attached hydrogens (tertiary/aromatic N) is 1. The monoisotopic (exact) mass is 290 g/mol. The third kappa shape index (κ3) is 5.09. The zero-order chi connectivity index (χ0) is 14.2. The topological polar surface area (TPSA) is 55.1 Å². The Labute approximate surface area is 122 Å². The maximum atomic E-state index is 11.6. The minimum Gasteiger partial charge on any atom is -0.360 e. The Kier molecular flexibility index (Phi) is 5.68. The number of amides is 1. The molecule has 0 aliphatic carbocycles. The highest BCUT2D eigenvalue weighted by atomic mass is 32.2. The molecule has 0 spiro atoms. The first-order valence-corrected chi connectivity index (χ1v) is 7.74. The summed E-state index contributed by atoms with van der Waals surface area (Å²) in [5.41, 5.74) is 1.34. The van der Waals surface area contributed by atoms with Gasteiger partial charge < -0.3 is 9.84 Å². The average molecular weight is 290 g/mol. The maximum Gasteiger partial charge on any atom is 0.235 e. The quantitative estimate of drug-likeness (QED) is 0.795. The number of nitrogens with one attached hydrogen (secondary N) is 1. The number of hydrogen-bond acceptors (Lipinski definition) is 4. The van der Waals surface area contributed by atoms with Gasteiger partial charge in [-0.05, 0) is 31.1 Å². The smallest absolute Gasteiger partial charge is 0.235 e. The first-order chi connectivity index (χ1) is 9.74. The lowest BCUT2D eigenvalue weighted by Crippen LogP contribution is -2.14. The van der Waals surface area contributed by atoms with Gasteiger partial charge in [0.25, 0.3) is 0 Å². The largest absolute Gasteiger partial charge is 0.360 e. The van der Waals surface area contributed by atoms with E-state index in [0.717, 1.165) is 18.6 Å². The van der Waals surface area contributed by atoms with E-state index in [0.29, 0.717) is 17.3 Å². The lowest BCUT2D eigenvalue weighted by atomic mass is 10.1. The highest BCUT2D eigenvalue weighted by molar-refractivity contribution is 7.99. The van der Waals surface area contributed by atoms with Gasteiger partial charge >= 0.3 is 0 Å². The number of benzene rings is 1. The molecule has 2 rings (SSSR count). The Balaban J connectivity index is 1.58. The van der Waals surface area contributed by atoms with Crippen LogP contribution in [0.25, 0.3) is 0 Å². The summed E-state index contributed by atoms with van der Waals surface area (Å²) in [5.74, 6) is 2.55. The van der Waals surface area contributed by atoms with Crippen molar-refractivity contribution in [2.75, 3.05) is 16.8 Å². The molecule has 5 heteroatoms. The van der Waals surface area contributed by atoms with Crippen LogP contribution in [0.1, 0.15) is 17.7 Å². The van der Waals surface area contributed by atoms with Crippen molar-refractivity contribution in [2.45, 2.75) is 19.8 Å². The van der Waals surface area contributed by atoms with E-state index in [1.807, 2.05) is 6.07 Å². The van der Waals surface area contributed by atoms with Crippen molar-refractivity contribution in [3.63, 3.8) is 0 Å². The fraction of sp³-hybridized carbons (Fsp3) is 0.333. The Morgan fingerprint density at radius 3 is 2.85 bits per heavy atom. The number of carbonyl (C=O) groups is 1. The van der Waals surface area contributed by atoms with Crippen LogP contribution in [0.15, 0.2) is 40.9 Å². The predicted molar refractivity (Wildman–Crippen MR) is 82.0 cm³/mol. The number of carbonyl (C=O) groups excluding carboxylic acids is 1. The molecule has 1 heterocycles. The van der Waals surface area contributed by atoms with Gasteiger partial charge in [-0.2, -0.15) is 11.8 Å². The molecule has 0 aliphatic heterocycles. The minimum absolute atomic E-state index is 0.0389. The van der Waals surface area contributed by atoms with Crippen LogP contribution in [0.2, 0.25) is 0 Å². The van der Waals surface area contributed by atoms with Crippen molar-refractivity contribution in [1.29, 1.82) is 0 Å². The standard InChI is InChI=1S/C15H18N2O2S/c1-12-10-14(17-19-12)16-15(18)11-20-9-5-8-13-6-3-2-4-7-13/h2-4,6-7,10H,5,8-9,11H2,1H3,(H,16,17,18). The van der Waals surface area contributed by atoms with E-state index >= 15 is 0 Å². The number of aromatic nitrogens is 1. The summed E-state index contributed by atoms with van der Waals surface area (Å²) >= 11 is 1.64. The zero-order valence-electron chi connectivity index (χ0n) is 11.5. The SMILES string of the molecule is Cc1cc(NC(=O)CSCCCc2ccccc2)no1. The van der Waals surface area contributed by atoms with Crippen LogP contribution in [0.3, 0.4) is 0 Å². The average Bonchev–Trinajstić information content (AvgIpc) is 2.85. The number of rotatable bonds is 7. The van der Waals surface area contributed by atoms with E-state index in [2.05, 4.69) is 34.7 Å². The van der Waals surface area contributed by atoms with Crippen LogP contribution in [0.4, 0.5) is 5.82 Å². The second kappa shape index (κ2) is 7.75. The van der Waals surface area contributed by atoms with Gasteiger partial charge in [0.05, 0.1) is 5.75 Å². The highest BCUT2D eigenvalue weighted by Gasteiger charge is 2.05. The van der Waals surface area contributed by atoms with Crippen molar-refractivity contribution in [2.24, 2.45) is 0 Å². The summed E-state index contributed by atoms with van der Waals surface area (Å²) in [6.45, 7) is 1.79. The van der Waals surface area contributed by atoms with E-state index in [1.54, 1.807) is 24.8 Å². The van der Waals surface area contributed by atoms with Gasteiger partial charge in [0.1, 0.15) is 5.76 Å². The van der Waals surface area contributed by atoms with Gasteiger partial charge in [-0.25, -0.2) is 0 Å². The lowest BCUT2D eigenvalue weighted by Gasteiger charge is -2.02. The predicted octanol–water partition coefficient (Wildman–Crippen LogP) is 3.29. The van der Waals surface area contributed by atoms with Crippen LogP contribution >= 0.6 is 11.8 Å². The third-order valence-corrected chi connectivity index (χ3v) is 3.77. The van der Waals surface area contributed by atoms with E-state index in [1.165, 1.54) is 5.56 Å². The second-order valence-electron chi connectivity index (χ2n) is 4.51. The molecule has 0 fully saturated rings. The molecule has 20 heavy (non-hydrogen) atoms. The van der Waals surface area contributed by atoms with E-state index < -0.39 is 0 Å². The van der Waals surface area contributed by atoms with Crippen LogP contribution in [-0.4, -0.2) is 22.6 Å². The molecule has 4 nitrogen and oxygen atoms in total. The number of hydrogen-bond donors (Lipinski definition) is 1. The van der Waals surface area contributed by atoms with Crippen molar-refractivity contribution in [3.8, 4) is 0 Å². The van der Waals surface area contributed by atoms with Crippen LogP contribution in [0, 0.1) is 6.92 Å². The number of aryl methyl sites for hydroxylation is 2. The molecule has 0 saturated heterocycles. The number of anilines is 1. The van der Waals surface area contributed by atoms with Gasteiger partial charge in [0, 0.05) is 6.07 Å². The highest BCUT2D eigenvalue weighted by Crippen LogP contribution is 2.10. The van der Waals surface area contributed by atoms with Crippen molar-refractivity contribution in [1.82, 2.24) is 5.16 Å². The minimum atomic E-state index is -0.0389. The lowest BCUT2D eigenvalue weighted by molar-refractivity contribution is -0.113. The van der Waals surface area contributed by atoms with E-state index in [4.69, 9.17) is 4.52 Å². The van der Waals surface area contributed by atoms with E-state index in [9.17, 15) is 4.79 Å². The fourth-order valence-corrected chi connectivity index (χ4v) is 2.54. The summed E-state index contributed by atoms with van der Waals surface area (Å²) in [6.07, 6.45) is 2.13. The summed E-state index contributed by atoms with van der Waals surface area (Å²) in [4.78, 5) is 11.6. The van der Waals surface area contributed by atoms with Crippen LogP contribution < -0.4 is 5.32 Å². The molecule has 106 valence electrons. The molecular formula is C15H18N2O2S. The van der Waals surface area contributed by atoms with Gasteiger partial charge in [0.15, 0.2) is 5.82 Å². The molecular weight excluding hydrogens is 272 g/mol. The first kappa shape index (κ1) is 14.7. The van der Waals surface area contributed by atoms with Crippen LogP contribution in [-0.2, 0) is 11.2 Å². The Hall–Kier alpha value is -1.75. The molecule has 2 aromatic rings. The van der Waals surface area contributed by atoms with Crippen LogP contribution in [0.5, 0.6) is 0 Å². The number of thioether (sulfide) groups is 1. The summed E-state index contributed by atoms with van der Waals surface area (Å²) in [7, 11) is 0. The summed E-state index contributed by atoms with van der Waals surface area (Å²) in [6, 6.07) is 12.1. The fourth-order valence-electron chi connectivity index (χ4n) is 1.79. The third-order valence-electron chi connectivity index (χ3n) is 2.73. The van der Waals surface area contributed by atoms with E-state index in [-0.39, 0.29) is 5.91 Å². The Bertz CT molecular complexity index is 540. The molecule has 1 aromatic carbocycles. The molecule has 0 bridgehead atoms. The van der Waals surface area contributed by atoms with Crippen molar-refractivity contribution >= 4 is 23.5 Å². The maximum absolute atomic E-state index is 11.6. The normalized spacial score (nSPS) is 10.4. The molecule has 1 amide bonds. The van der Waals surface area contributed by atoms with Crippen molar-refractivity contribution in [3.05, 3.63) is 47.7 Å². The van der Waals surface area contributed by atoms with Gasteiger partial charge in [-0.3, -0.25) is 4.79 Å². The molecule has 0 radical (unpaired) electrons. The molecule has 0 aliphatic rings. The van der Waals surface area contributed by atoms with Gasteiger partial charge in [0.2, 0.25) is 5.91 Å². The van der Waals surface area contributed by atoms with Gasteiger partial charge in [-0.15, -0.1) is 0 Å². The Morgan fingerprint density at radius 2 is 2.15 bits per heavy atom. The summed E-state index contributed by atoms with van der Waals surface area (Å²) in [5, 5.41) is 6.43. The molecule has 0 saturated carbocycles. The molecule has 1 aromatic heterocycles. The van der Waals surface area contributed by atoms with Crippen molar-refractivity contribution < 1.29 is 9.32 Å². The van der Waals surface area contributed by atoms with Gasteiger partial charge in [-0.1, -0.05) is 35.5 Å². The Morgan fingerprint density at radius 1 is 1.35 bits per heavy atom. The molecule has 0 atom stereocenters. The first-order valence-electron chi connectivity index (χ1n) is 6.59. The second-order valence-corrected chi connectivity index (χ2v) is 5.62. The molecule has 0 unspecified atom stereocenters.